The van der Waals surface area contributed by atoms with Crippen molar-refractivity contribution >= 4 is 10.0 Å². The summed E-state index contributed by atoms with van der Waals surface area (Å²) < 4.78 is 46.3. The lowest BCUT2D eigenvalue weighted by Gasteiger charge is -2.14. The first-order chi connectivity index (χ1) is 13.8. The van der Waals surface area contributed by atoms with Gasteiger partial charge >= 0.3 is 0 Å². The van der Waals surface area contributed by atoms with Gasteiger partial charge in [0.2, 0.25) is 21.7 Å². The number of aromatic nitrogens is 2. The zero-order valence-electron chi connectivity index (χ0n) is 16.0. The number of aryl methyl sites for hydroxylation is 1. The van der Waals surface area contributed by atoms with Crippen LogP contribution in [0.15, 0.2) is 57.9 Å². The maximum Gasteiger partial charge on any atom is 0.244 e. The van der Waals surface area contributed by atoms with Gasteiger partial charge in [0.1, 0.15) is 5.82 Å². The molecule has 2 heterocycles. The van der Waals surface area contributed by atoms with Crippen molar-refractivity contribution in [2.75, 3.05) is 13.6 Å². The number of nitrogens with zero attached hydrogens (tertiary/aromatic N) is 3. The molecule has 0 spiro atoms. The second-order valence-corrected chi connectivity index (χ2v) is 9.00. The Morgan fingerprint density at radius 2 is 1.83 bits per heavy atom. The number of halogens is 1. The highest BCUT2D eigenvalue weighted by Gasteiger charge is 2.36. The lowest BCUT2D eigenvalue weighted by molar-refractivity contribution is 0.244. The Hall–Kier alpha value is -2.62. The van der Waals surface area contributed by atoms with Gasteiger partial charge in [0.05, 0.1) is 10.9 Å². The molecule has 9 heteroatoms. The average Bonchev–Trinajstić information content (AvgIpc) is 3.29. The maximum absolute atomic E-state index is 13.1. The van der Waals surface area contributed by atoms with Crippen LogP contribution < -0.4 is 4.72 Å². The Kier molecular flexibility index (Phi) is 5.20. The highest BCUT2D eigenvalue weighted by Crippen LogP contribution is 2.31. The number of sulfonamides is 1. The van der Waals surface area contributed by atoms with Gasteiger partial charge in [-0.1, -0.05) is 35.0 Å². The molecule has 0 saturated carbocycles. The predicted molar refractivity (Wildman–Crippen MR) is 105 cm³/mol. The van der Waals surface area contributed by atoms with E-state index in [1.54, 1.807) is 0 Å². The SMILES string of the molecule is Cc1ccc(-c2noc(C3CC(NS(=O)(=O)c4ccc(F)cc4)CN3C)n2)cc1. The Morgan fingerprint density at radius 1 is 1.14 bits per heavy atom. The minimum absolute atomic E-state index is 0.0319. The van der Waals surface area contributed by atoms with Crippen LogP contribution in [0.25, 0.3) is 11.4 Å². The molecule has 1 saturated heterocycles. The van der Waals surface area contributed by atoms with Crippen molar-refractivity contribution in [3.63, 3.8) is 0 Å². The average molecular weight is 416 g/mol. The molecule has 4 rings (SSSR count). The van der Waals surface area contributed by atoms with E-state index in [0.717, 1.165) is 23.3 Å². The van der Waals surface area contributed by atoms with Crippen molar-refractivity contribution in [1.29, 1.82) is 0 Å². The van der Waals surface area contributed by atoms with E-state index in [4.69, 9.17) is 4.52 Å². The van der Waals surface area contributed by atoms with Gasteiger partial charge in [0.15, 0.2) is 0 Å². The molecule has 1 aliphatic heterocycles. The van der Waals surface area contributed by atoms with E-state index in [9.17, 15) is 12.8 Å². The van der Waals surface area contributed by atoms with Gasteiger partial charge in [-0.2, -0.15) is 4.98 Å². The summed E-state index contributed by atoms with van der Waals surface area (Å²) in [5, 5.41) is 4.06. The largest absolute Gasteiger partial charge is 0.337 e. The van der Waals surface area contributed by atoms with E-state index in [1.165, 1.54) is 12.1 Å². The predicted octanol–water partition coefficient (Wildman–Crippen LogP) is 2.91. The number of nitrogens with one attached hydrogen (secondary N) is 1. The normalized spacial score (nSPS) is 20.2. The number of likely N-dealkylation sites (N-methyl/N-ethyl adjacent to an activating group) is 1. The Labute approximate surface area is 168 Å². The summed E-state index contributed by atoms with van der Waals surface area (Å²) in [7, 11) is -1.86. The molecule has 1 N–H and O–H groups in total. The number of benzene rings is 2. The molecule has 1 fully saturated rings. The van der Waals surface area contributed by atoms with E-state index >= 15 is 0 Å². The fourth-order valence-electron chi connectivity index (χ4n) is 3.47. The third kappa shape index (κ3) is 4.21. The molecule has 0 bridgehead atoms. The molecule has 152 valence electrons. The van der Waals surface area contributed by atoms with Crippen LogP contribution >= 0.6 is 0 Å². The van der Waals surface area contributed by atoms with Crippen LogP contribution in [0.2, 0.25) is 0 Å². The van der Waals surface area contributed by atoms with Gasteiger partial charge in [-0.3, -0.25) is 4.90 Å². The van der Waals surface area contributed by atoms with Crippen molar-refractivity contribution in [3.05, 3.63) is 65.8 Å². The van der Waals surface area contributed by atoms with Crippen LogP contribution in [-0.2, 0) is 10.0 Å². The molecule has 7 nitrogen and oxygen atoms in total. The summed E-state index contributed by atoms with van der Waals surface area (Å²) in [6, 6.07) is 12.1. The number of hydrogen-bond acceptors (Lipinski definition) is 6. The van der Waals surface area contributed by atoms with Gasteiger partial charge in [0.25, 0.3) is 0 Å². The van der Waals surface area contributed by atoms with Crippen LogP contribution in [0.5, 0.6) is 0 Å². The standard InChI is InChI=1S/C20H21FN4O3S/c1-13-3-5-14(6-4-13)19-22-20(28-23-19)18-11-16(12-25(18)2)24-29(26,27)17-9-7-15(21)8-10-17/h3-10,16,18,24H,11-12H2,1-2H3. The van der Waals surface area contributed by atoms with Gasteiger partial charge < -0.3 is 4.52 Å². The van der Waals surface area contributed by atoms with Crippen LogP contribution in [0.4, 0.5) is 4.39 Å². The van der Waals surface area contributed by atoms with E-state index < -0.39 is 15.8 Å². The first kappa shape index (κ1) is 19.7. The molecule has 2 atom stereocenters. The monoisotopic (exact) mass is 416 g/mol. The minimum atomic E-state index is -3.74. The molecule has 0 radical (unpaired) electrons. The fraction of sp³-hybridized carbons (Fsp3) is 0.300. The quantitative estimate of drug-likeness (QED) is 0.688. The van der Waals surface area contributed by atoms with Gasteiger partial charge in [-0.25, -0.2) is 17.5 Å². The summed E-state index contributed by atoms with van der Waals surface area (Å²) in [4.78, 5) is 6.51. The second kappa shape index (κ2) is 7.66. The summed E-state index contributed by atoms with van der Waals surface area (Å²) in [6.45, 7) is 2.50. The zero-order valence-corrected chi connectivity index (χ0v) is 16.9. The molecule has 3 aromatic rings. The topological polar surface area (TPSA) is 88.3 Å². The first-order valence-corrected chi connectivity index (χ1v) is 10.7. The first-order valence-electron chi connectivity index (χ1n) is 9.20. The molecule has 2 unspecified atom stereocenters. The molecular weight excluding hydrogens is 395 g/mol. The molecule has 29 heavy (non-hydrogen) atoms. The smallest absolute Gasteiger partial charge is 0.244 e. The van der Waals surface area contributed by atoms with E-state index in [-0.39, 0.29) is 17.0 Å². The zero-order chi connectivity index (χ0) is 20.6. The van der Waals surface area contributed by atoms with Crippen LogP contribution in [0.1, 0.15) is 23.9 Å². The molecule has 2 aromatic carbocycles. The van der Waals surface area contributed by atoms with E-state index in [2.05, 4.69) is 14.9 Å². The van der Waals surface area contributed by atoms with Crippen LogP contribution in [0.3, 0.4) is 0 Å². The highest BCUT2D eigenvalue weighted by molar-refractivity contribution is 7.89. The number of likely N-dealkylation sites (tertiary alicyclic amines) is 1. The van der Waals surface area contributed by atoms with Crippen molar-refractivity contribution in [2.45, 2.75) is 30.3 Å². The van der Waals surface area contributed by atoms with Gasteiger partial charge in [-0.15, -0.1) is 0 Å². The lowest BCUT2D eigenvalue weighted by Crippen LogP contribution is -2.36. The van der Waals surface area contributed by atoms with Crippen LogP contribution in [0, 0.1) is 12.7 Å². The van der Waals surface area contributed by atoms with E-state index in [1.807, 2.05) is 43.1 Å². The van der Waals surface area contributed by atoms with E-state index in [0.29, 0.717) is 24.7 Å². The molecule has 1 aliphatic rings. The fourth-order valence-corrected chi connectivity index (χ4v) is 4.71. The number of hydrogen-bond donors (Lipinski definition) is 1. The molecular formula is C20H21FN4O3S. The highest BCUT2D eigenvalue weighted by atomic mass is 32.2. The summed E-state index contributed by atoms with van der Waals surface area (Å²) >= 11 is 0. The number of rotatable bonds is 5. The Balaban J connectivity index is 1.47. The third-order valence-corrected chi connectivity index (χ3v) is 6.57. The van der Waals surface area contributed by atoms with Gasteiger partial charge in [-0.05, 0) is 44.7 Å². The molecule has 1 aromatic heterocycles. The Morgan fingerprint density at radius 3 is 2.52 bits per heavy atom. The maximum atomic E-state index is 13.1. The molecule has 0 aliphatic carbocycles. The van der Waals surface area contributed by atoms with Crippen molar-refractivity contribution in [3.8, 4) is 11.4 Å². The lowest BCUT2D eigenvalue weighted by atomic mass is 10.1. The summed E-state index contributed by atoms with van der Waals surface area (Å²) in [6.07, 6.45) is 0.493. The summed E-state index contributed by atoms with van der Waals surface area (Å²) in [5.74, 6) is 0.473. The van der Waals surface area contributed by atoms with Crippen molar-refractivity contribution in [1.82, 2.24) is 19.8 Å². The second-order valence-electron chi connectivity index (χ2n) is 7.29. The third-order valence-electron chi connectivity index (χ3n) is 5.03. The van der Waals surface area contributed by atoms with Gasteiger partial charge in [0, 0.05) is 18.2 Å². The molecule has 0 amide bonds. The Bertz CT molecular complexity index is 1100. The van der Waals surface area contributed by atoms with Crippen molar-refractivity contribution < 1.29 is 17.3 Å². The van der Waals surface area contributed by atoms with Crippen molar-refractivity contribution in [2.24, 2.45) is 0 Å². The minimum Gasteiger partial charge on any atom is -0.337 e. The summed E-state index contributed by atoms with van der Waals surface area (Å²) in [5.41, 5.74) is 2.00. The van der Waals surface area contributed by atoms with Crippen LogP contribution in [-0.4, -0.2) is 43.1 Å².